The third-order valence-corrected chi connectivity index (χ3v) is 9.43. The lowest BCUT2D eigenvalue weighted by Crippen LogP contribution is -2.63. The Hall–Kier alpha value is -5.28. The molecule has 0 spiro atoms. The van der Waals surface area contributed by atoms with Crippen molar-refractivity contribution >= 4 is 45.2 Å². The van der Waals surface area contributed by atoms with Crippen molar-refractivity contribution < 1.29 is 24.3 Å². The molecular weight excluding hydrogens is 628 g/mol. The van der Waals surface area contributed by atoms with Crippen LogP contribution in [0.3, 0.4) is 0 Å². The molecule has 0 aliphatic rings. The first-order valence-corrected chi connectivity index (χ1v) is 17.3. The number of aromatic amines is 1. The largest absolute Gasteiger partial charge is 0.481 e. The van der Waals surface area contributed by atoms with E-state index in [1.165, 1.54) is 10.5 Å². The van der Waals surface area contributed by atoms with Crippen LogP contribution in [0.25, 0.3) is 21.7 Å². The van der Waals surface area contributed by atoms with E-state index in [1.807, 2.05) is 79.7 Å². The number of nitrogens with two attached hydrogens (primary N) is 2. The van der Waals surface area contributed by atoms with E-state index in [0.717, 1.165) is 33.8 Å². The number of rotatable bonds is 17. The van der Waals surface area contributed by atoms with Crippen molar-refractivity contribution in [2.24, 2.45) is 11.5 Å². The number of ketones is 1. The number of Topliss-reactive ketones (excluding diaryl/α,β-unsaturated/α-hetero) is 1. The zero-order valence-electron chi connectivity index (χ0n) is 28.8. The molecule has 0 bridgehead atoms. The van der Waals surface area contributed by atoms with Crippen molar-refractivity contribution in [1.82, 2.24) is 9.88 Å². The number of aromatic nitrogens is 1. The maximum Gasteiger partial charge on any atom is 0.303 e. The molecule has 0 unspecified atom stereocenters. The first-order chi connectivity index (χ1) is 24.0. The van der Waals surface area contributed by atoms with Crippen molar-refractivity contribution in [3.63, 3.8) is 0 Å². The first kappa shape index (κ1) is 36.0. The Morgan fingerprint density at radius 2 is 1.52 bits per heavy atom. The molecule has 0 aliphatic heterocycles. The van der Waals surface area contributed by atoms with Crippen LogP contribution in [0.5, 0.6) is 0 Å². The molecule has 1 heterocycles. The van der Waals surface area contributed by atoms with E-state index in [-0.39, 0.29) is 32.2 Å². The summed E-state index contributed by atoms with van der Waals surface area (Å²) in [5.74, 6) is -2.87. The lowest BCUT2D eigenvalue weighted by molar-refractivity contribution is -0.140. The highest BCUT2D eigenvalue weighted by Crippen LogP contribution is 2.32. The molecule has 260 valence electrons. The summed E-state index contributed by atoms with van der Waals surface area (Å²) in [6, 6.07) is 28.7. The number of primary amides is 1. The van der Waals surface area contributed by atoms with Gasteiger partial charge in [-0.3, -0.25) is 19.2 Å². The number of amides is 2. The number of carboxylic acid groups (broad SMARTS) is 1. The average Bonchev–Trinajstić information content (AvgIpc) is 3.46. The smallest absolute Gasteiger partial charge is 0.303 e. The number of carbonyl (C=O) groups is 4. The molecule has 0 fully saturated rings. The monoisotopic (exact) mass is 674 g/mol. The highest BCUT2D eigenvalue weighted by Gasteiger charge is 2.47. The van der Waals surface area contributed by atoms with Gasteiger partial charge in [-0.25, -0.2) is 0 Å². The van der Waals surface area contributed by atoms with Crippen LogP contribution in [-0.4, -0.2) is 56.7 Å². The SMILES string of the molecule is CCCN(C(=O)[C@](N)(CCCC(=O)O)C(=O)c1c(Cc2ccccc2)[nH]c2ccccc12)[C@H](CC(N)=O)Cc1ccc2cc(CC)ccc2c1. The number of aryl methyl sites for hydroxylation is 1. The second-order valence-corrected chi connectivity index (χ2v) is 13.1. The fourth-order valence-electron chi connectivity index (χ4n) is 6.88. The van der Waals surface area contributed by atoms with Crippen LogP contribution in [0.2, 0.25) is 0 Å². The summed E-state index contributed by atoms with van der Waals surface area (Å²) in [5, 5.41) is 12.2. The fraction of sp³-hybridized carbons (Fsp3) is 0.317. The van der Waals surface area contributed by atoms with Gasteiger partial charge in [-0.2, -0.15) is 0 Å². The highest BCUT2D eigenvalue weighted by molar-refractivity contribution is 6.23. The number of fused-ring (bicyclic) bond motifs is 2. The number of aliphatic carboxylic acids is 1. The molecule has 50 heavy (non-hydrogen) atoms. The summed E-state index contributed by atoms with van der Waals surface area (Å²) < 4.78 is 0. The molecule has 9 nitrogen and oxygen atoms in total. The maximum absolute atomic E-state index is 14.9. The zero-order chi connectivity index (χ0) is 35.8. The third-order valence-electron chi connectivity index (χ3n) is 9.43. The molecule has 5 rings (SSSR count). The van der Waals surface area contributed by atoms with Crippen molar-refractivity contribution in [2.75, 3.05) is 6.54 Å². The predicted molar refractivity (Wildman–Crippen MR) is 197 cm³/mol. The standard InChI is InChI=1S/C41H46N4O5/c1-3-21-45(32(26-36(42)46)24-29-17-19-30-22-27(4-2)16-18-31(30)23-29)40(50)41(43,20-10-15-37(47)48)39(49)38-33-13-8-9-14-34(33)44-35(38)25-28-11-6-5-7-12-28/h5-9,11-14,16-19,22-23,32,44H,3-4,10,15,20-21,24-26,43H2,1-2H3,(H2,42,46)(H,47,48)/t32-,41-/m0/s1. The topological polar surface area (TPSA) is 160 Å². The second kappa shape index (κ2) is 16.0. The number of benzene rings is 4. The zero-order valence-corrected chi connectivity index (χ0v) is 28.8. The van der Waals surface area contributed by atoms with Crippen molar-refractivity contribution in [3.05, 3.63) is 119 Å². The number of carbonyl (C=O) groups excluding carboxylic acids is 3. The van der Waals surface area contributed by atoms with Crippen LogP contribution in [-0.2, 0) is 33.6 Å². The molecule has 9 heteroatoms. The van der Waals surface area contributed by atoms with E-state index in [1.54, 1.807) is 0 Å². The molecule has 0 saturated carbocycles. The minimum absolute atomic E-state index is 0.00452. The van der Waals surface area contributed by atoms with E-state index >= 15 is 0 Å². The van der Waals surface area contributed by atoms with Gasteiger partial charge in [0.1, 0.15) is 0 Å². The maximum atomic E-state index is 14.9. The van der Waals surface area contributed by atoms with Gasteiger partial charge in [0.2, 0.25) is 5.91 Å². The van der Waals surface area contributed by atoms with Crippen molar-refractivity contribution in [1.29, 1.82) is 0 Å². The molecule has 2 amide bonds. The molecule has 5 aromatic rings. The Labute approximate surface area is 292 Å². The quantitative estimate of drug-likeness (QED) is 0.0666. The minimum Gasteiger partial charge on any atom is -0.481 e. The average molecular weight is 675 g/mol. The molecule has 1 aromatic heterocycles. The van der Waals surface area contributed by atoms with E-state index in [9.17, 15) is 24.3 Å². The molecule has 0 saturated heterocycles. The van der Waals surface area contributed by atoms with Crippen LogP contribution < -0.4 is 11.5 Å². The number of H-pyrrole nitrogens is 1. The van der Waals surface area contributed by atoms with E-state index in [4.69, 9.17) is 11.5 Å². The van der Waals surface area contributed by atoms with Gasteiger partial charge in [0.05, 0.1) is 0 Å². The number of hydrogen-bond donors (Lipinski definition) is 4. The summed E-state index contributed by atoms with van der Waals surface area (Å²) >= 11 is 0. The van der Waals surface area contributed by atoms with Crippen molar-refractivity contribution in [2.45, 2.75) is 76.8 Å². The van der Waals surface area contributed by atoms with Gasteiger partial charge < -0.3 is 26.5 Å². The minimum atomic E-state index is -2.11. The van der Waals surface area contributed by atoms with E-state index in [0.29, 0.717) is 35.9 Å². The van der Waals surface area contributed by atoms with E-state index in [2.05, 4.69) is 30.1 Å². The lowest BCUT2D eigenvalue weighted by atomic mass is 9.81. The van der Waals surface area contributed by atoms with Crippen LogP contribution in [0.15, 0.2) is 91.0 Å². The molecule has 2 atom stereocenters. The van der Waals surface area contributed by atoms with Crippen molar-refractivity contribution in [3.8, 4) is 0 Å². The highest BCUT2D eigenvalue weighted by atomic mass is 16.4. The molecule has 0 aliphatic carbocycles. The third kappa shape index (κ3) is 8.12. The van der Waals surface area contributed by atoms with Gasteiger partial charge in [-0.1, -0.05) is 98.8 Å². The van der Waals surface area contributed by atoms with Gasteiger partial charge in [0.25, 0.3) is 5.91 Å². The molecule has 6 N–H and O–H groups in total. The molecular formula is C41H46N4O5. The summed E-state index contributed by atoms with van der Waals surface area (Å²) in [5.41, 5.74) is 15.4. The lowest BCUT2D eigenvalue weighted by Gasteiger charge is -2.38. The predicted octanol–water partition coefficient (Wildman–Crippen LogP) is 6.33. The van der Waals surface area contributed by atoms with Gasteiger partial charge in [0.15, 0.2) is 11.3 Å². The molecule has 0 radical (unpaired) electrons. The van der Waals surface area contributed by atoms with Gasteiger partial charge in [-0.05, 0) is 65.6 Å². The van der Waals surface area contributed by atoms with Crippen LogP contribution in [0, 0.1) is 0 Å². The fourth-order valence-corrected chi connectivity index (χ4v) is 6.88. The van der Waals surface area contributed by atoms with Gasteiger partial charge >= 0.3 is 5.97 Å². The number of nitrogens with zero attached hydrogens (tertiary/aromatic N) is 1. The van der Waals surface area contributed by atoms with Crippen LogP contribution >= 0.6 is 0 Å². The van der Waals surface area contributed by atoms with E-state index < -0.39 is 35.1 Å². The van der Waals surface area contributed by atoms with Gasteiger partial charge in [0, 0.05) is 54.0 Å². The van der Waals surface area contributed by atoms with Crippen LogP contribution in [0.1, 0.15) is 78.7 Å². The number of para-hydroxylation sites is 1. The summed E-state index contributed by atoms with van der Waals surface area (Å²) in [7, 11) is 0. The summed E-state index contributed by atoms with van der Waals surface area (Å²) in [6.45, 7) is 4.24. The Kier molecular flexibility index (Phi) is 11.5. The summed E-state index contributed by atoms with van der Waals surface area (Å²) in [4.78, 5) is 58.9. The Morgan fingerprint density at radius 1 is 0.860 bits per heavy atom. The van der Waals surface area contributed by atoms with Crippen LogP contribution in [0.4, 0.5) is 0 Å². The Balaban J connectivity index is 1.57. The first-order valence-electron chi connectivity index (χ1n) is 17.3. The second-order valence-electron chi connectivity index (χ2n) is 13.1. The Morgan fingerprint density at radius 3 is 2.18 bits per heavy atom. The summed E-state index contributed by atoms with van der Waals surface area (Å²) in [6.07, 6.45) is 1.57. The normalized spacial score (nSPS) is 13.2. The Bertz CT molecular complexity index is 2000. The number of carboxylic acids is 1. The number of hydrogen-bond acceptors (Lipinski definition) is 5. The molecule has 4 aromatic carbocycles. The number of nitrogens with one attached hydrogen (secondary N) is 1. The van der Waals surface area contributed by atoms with Gasteiger partial charge in [-0.15, -0.1) is 0 Å².